The number of hydrogen-bond donors (Lipinski definition) is 1. The first-order valence-electron chi connectivity index (χ1n) is 11.6. The highest BCUT2D eigenvalue weighted by Gasteiger charge is 2.34. The number of likely N-dealkylation sites (tertiary alicyclic amines) is 1. The second-order valence-corrected chi connectivity index (χ2v) is 9.60. The SMILES string of the molecule is CCC(C)(C)C(=O)N1CCC(c2ccc(NC(=O)C3CN(c4cccnn4)C3)cc2)CC1. The topological polar surface area (TPSA) is 78.4 Å². The lowest BCUT2D eigenvalue weighted by molar-refractivity contribution is -0.141. The summed E-state index contributed by atoms with van der Waals surface area (Å²) in [5, 5.41) is 11.0. The molecule has 0 bridgehead atoms. The number of amides is 2. The third-order valence-corrected chi connectivity index (χ3v) is 7.03. The van der Waals surface area contributed by atoms with Gasteiger partial charge in [-0.15, -0.1) is 5.10 Å². The maximum atomic E-state index is 12.7. The van der Waals surface area contributed by atoms with Gasteiger partial charge in [-0.1, -0.05) is 32.9 Å². The Morgan fingerprint density at radius 1 is 1.09 bits per heavy atom. The van der Waals surface area contributed by atoms with Gasteiger partial charge in [-0.2, -0.15) is 5.10 Å². The molecule has 0 spiro atoms. The third-order valence-electron chi connectivity index (χ3n) is 7.03. The number of carbonyl (C=O) groups excluding carboxylic acids is 2. The molecule has 2 aromatic rings. The highest BCUT2D eigenvalue weighted by molar-refractivity contribution is 5.94. The molecule has 32 heavy (non-hydrogen) atoms. The van der Waals surface area contributed by atoms with Crippen molar-refractivity contribution in [2.45, 2.75) is 46.0 Å². The van der Waals surface area contributed by atoms with Gasteiger partial charge < -0.3 is 15.1 Å². The Kier molecular flexibility index (Phi) is 6.44. The first-order chi connectivity index (χ1) is 15.4. The van der Waals surface area contributed by atoms with Gasteiger partial charge in [0.05, 0.1) is 5.92 Å². The minimum atomic E-state index is -0.279. The van der Waals surface area contributed by atoms with Gasteiger partial charge in [-0.25, -0.2) is 0 Å². The minimum absolute atomic E-state index is 0.0362. The number of nitrogens with zero attached hydrogens (tertiary/aromatic N) is 4. The molecular formula is C25H33N5O2. The van der Waals surface area contributed by atoms with Crippen molar-refractivity contribution in [1.29, 1.82) is 0 Å². The van der Waals surface area contributed by atoms with Gasteiger partial charge in [-0.05, 0) is 55.0 Å². The van der Waals surface area contributed by atoms with E-state index in [1.165, 1.54) is 5.56 Å². The molecule has 0 radical (unpaired) electrons. The molecule has 0 unspecified atom stereocenters. The number of hydrogen-bond acceptors (Lipinski definition) is 5. The molecule has 2 fully saturated rings. The van der Waals surface area contributed by atoms with Crippen LogP contribution in [0.3, 0.4) is 0 Å². The summed E-state index contributed by atoms with van der Waals surface area (Å²) in [6.07, 6.45) is 4.47. The molecule has 2 saturated heterocycles. The van der Waals surface area contributed by atoms with Crippen LogP contribution in [0.2, 0.25) is 0 Å². The maximum Gasteiger partial charge on any atom is 0.231 e. The van der Waals surface area contributed by atoms with Crippen LogP contribution in [0.1, 0.15) is 51.5 Å². The number of anilines is 2. The van der Waals surface area contributed by atoms with Crippen LogP contribution in [0.4, 0.5) is 11.5 Å². The molecule has 0 atom stereocenters. The van der Waals surface area contributed by atoms with Gasteiger partial charge >= 0.3 is 0 Å². The van der Waals surface area contributed by atoms with Crippen LogP contribution in [-0.4, -0.2) is 53.1 Å². The lowest BCUT2D eigenvalue weighted by Crippen LogP contribution is -2.52. The van der Waals surface area contributed by atoms with Crippen LogP contribution in [0.15, 0.2) is 42.6 Å². The van der Waals surface area contributed by atoms with E-state index in [0.717, 1.165) is 43.9 Å². The molecule has 1 aromatic heterocycles. The Balaban J connectivity index is 1.25. The zero-order valence-corrected chi connectivity index (χ0v) is 19.3. The quantitative estimate of drug-likeness (QED) is 0.749. The van der Waals surface area contributed by atoms with Gasteiger partial charge in [0, 0.05) is 43.5 Å². The Bertz CT molecular complexity index is 931. The number of nitrogens with one attached hydrogen (secondary N) is 1. The van der Waals surface area contributed by atoms with E-state index in [9.17, 15) is 9.59 Å². The molecule has 170 valence electrons. The van der Waals surface area contributed by atoms with E-state index >= 15 is 0 Å². The summed E-state index contributed by atoms with van der Waals surface area (Å²) in [5.74, 6) is 1.55. The highest BCUT2D eigenvalue weighted by Crippen LogP contribution is 2.32. The van der Waals surface area contributed by atoms with Crippen LogP contribution in [0, 0.1) is 11.3 Å². The largest absolute Gasteiger partial charge is 0.353 e. The Morgan fingerprint density at radius 2 is 1.78 bits per heavy atom. The predicted molar refractivity (Wildman–Crippen MR) is 125 cm³/mol. The average Bonchev–Trinajstić information content (AvgIpc) is 2.79. The van der Waals surface area contributed by atoms with Crippen molar-refractivity contribution < 1.29 is 9.59 Å². The maximum absolute atomic E-state index is 12.7. The first-order valence-corrected chi connectivity index (χ1v) is 11.6. The minimum Gasteiger partial charge on any atom is -0.353 e. The van der Waals surface area contributed by atoms with Crippen LogP contribution in [-0.2, 0) is 9.59 Å². The number of aromatic nitrogens is 2. The molecule has 2 amide bonds. The molecule has 1 aromatic carbocycles. The summed E-state index contributed by atoms with van der Waals surface area (Å²) in [7, 11) is 0. The summed E-state index contributed by atoms with van der Waals surface area (Å²) < 4.78 is 0. The molecule has 4 rings (SSSR count). The fourth-order valence-corrected chi connectivity index (χ4v) is 4.37. The summed E-state index contributed by atoms with van der Waals surface area (Å²) >= 11 is 0. The van der Waals surface area contributed by atoms with E-state index in [1.807, 2.05) is 43.0 Å². The van der Waals surface area contributed by atoms with Crippen molar-refractivity contribution in [3.63, 3.8) is 0 Å². The lowest BCUT2D eigenvalue weighted by Gasteiger charge is -2.38. The summed E-state index contributed by atoms with van der Waals surface area (Å²) in [6.45, 7) is 9.09. The number of rotatable bonds is 6. The van der Waals surface area contributed by atoms with Crippen LogP contribution >= 0.6 is 0 Å². The molecule has 0 saturated carbocycles. The molecule has 1 N–H and O–H groups in total. The van der Waals surface area contributed by atoms with E-state index in [-0.39, 0.29) is 23.1 Å². The fraction of sp³-hybridized carbons (Fsp3) is 0.520. The molecular weight excluding hydrogens is 402 g/mol. The van der Waals surface area contributed by atoms with E-state index in [0.29, 0.717) is 19.0 Å². The Morgan fingerprint density at radius 3 is 2.38 bits per heavy atom. The van der Waals surface area contributed by atoms with Crippen LogP contribution in [0.5, 0.6) is 0 Å². The second-order valence-electron chi connectivity index (χ2n) is 9.60. The molecule has 7 heteroatoms. The third kappa shape index (κ3) is 4.76. The monoisotopic (exact) mass is 435 g/mol. The fourth-order valence-electron chi connectivity index (χ4n) is 4.37. The zero-order chi connectivity index (χ0) is 22.7. The zero-order valence-electron chi connectivity index (χ0n) is 19.3. The van der Waals surface area contributed by atoms with Gasteiger partial charge in [0.25, 0.3) is 0 Å². The Hall–Kier alpha value is -2.96. The van der Waals surface area contributed by atoms with Gasteiger partial charge in [-0.3, -0.25) is 9.59 Å². The first kappa shape index (κ1) is 22.2. The standard InChI is InChI=1S/C25H33N5O2/c1-4-25(2,3)24(32)29-14-11-19(12-15-29)18-7-9-21(10-8-18)27-23(31)20-16-30(17-20)22-6-5-13-26-28-22/h5-10,13,19-20H,4,11-12,14-17H2,1-3H3,(H,27,31). The van der Waals surface area contributed by atoms with E-state index in [1.54, 1.807) is 6.20 Å². The van der Waals surface area contributed by atoms with Crippen molar-refractivity contribution in [3.8, 4) is 0 Å². The van der Waals surface area contributed by atoms with Crippen LogP contribution in [0.25, 0.3) is 0 Å². The molecule has 7 nitrogen and oxygen atoms in total. The van der Waals surface area contributed by atoms with Crippen molar-refractivity contribution in [2.75, 3.05) is 36.4 Å². The number of carbonyl (C=O) groups is 2. The van der Waals surface area contributed by atoms with E-state index < -0.39 is 0 Å². The Labute approximate surface area is 190 Å². The molecule has 2 aliphatic heterocycles. The highest BCUT2D eigenvalue weighted by atomic mass is 16.2. The van der Waals surface area contributed by atoms with Crippen molar-refractivity contribution in [3.05, 3.63) is 48.2 Å². The second kappa shape index (κ2) is 9.27. The lowest BCUT2D eigenvalue weighted by atomic mass is 9.85. The molecule has 0 aliphatic carbocycles. The van der Waals surface area contributed by atoms with E-state index in [4.69, 9.17) is 0 Å². The normalized spacial score (nSPS) is 17.7. The summed E-state index contributed by atoms with van der Waals surface area (Å²) in [6, 6.07) is 12.0. The van der Waals surface area contributed by atoms with Crippen LogP contribution < -0.4 is 10.2 Å². The van der Waals surface area contributed by atoms with Crippen molar-refractivity contribution in [2.24, 2.45) is 11.3 Å². The number of piperidine rings is 1. The van der Waals surface area contributed by atoms with Crippen molar-refractivity contribution in [1.82, 2.24) is 15.1 Å². The van der Waals surface area contributed by atoms with Gasteiger partial charge in [0.2, 0.25) is 11.8 Å². The molecule has 2 aliphatic rings. The van der Waals surface area contributed by atoms with Crippen molar-refractivity contribution >= 4 is 23.3 Å². The summed E-state index contributed by atoms with van der Waals surface area (Å²) in [4.78, 5) is 29.3. The predicted octanol–water partition coefficient (Wildman–Crippen LogP) is 3.69. The average molecular weight is 436 g/mol. The summed E-state index contributed by atoms with van der Waals surface area (Å²) in [5.41, 5.74) is 1.83. The van der Waals surface area contributed by atoms with Gasteiger partial charge in [0.15, 0.2) is 5.82 Å². The smallest absolute Gasteiger partial charge is 0.231 e. The molecule has 3 heterocycles. The number of benzene rings is 1. The van der Waals surface area contributed by atoms with Gasteiger partial charge in [0.1, 0.15) is 0 Å². The van der Waals surface area contributed by atoms with E-state index in [2.05, 4.69) is 39.5 Å².